The quantitative estimate of drug-likeness (QED) is 0.833. The average Bonchev–Trinajstić information content (AvgIpc) is 2.35. The Morgan fingerprint density at radius 3 is 2.53 bits per heavy atom. The van der Waals surface area contributed by atoms with Gasteiger partial charge in [0.2, 0.25) is 0 Å². The number of rotatable bonds is 3. The van der Waals surface area contributed by atoms with Gasteiger partial charge in [0.1, 0.15) is 10.4 Å². The SMILES string of the molecule is CC(Nc1ccc(Cl)c(Br)n1)c1ccccc1. The molecule has 0 fully saturated rings. The lowest BCUT2D eigenvalue weighted by Gasteiger charge is -2.15. The molecule has 1 aromatic carbocycles. The molecule has 0 aliphatic heterocycles. The van der Waals surface area contributed by atoms with Crippen LogP contribution in [0.15, 0.2) is 47.1 Å². The molecule has 1 unspecified atom stereocenters. The van der Waals surface area contributed by atoms with Crippen LogP contribution in [0.5, 0.6) is 0 Å². The summed E-state index contributed by atoms with van der Waals surface area (Å²) in [5, 5.41) is 3.94. The highest BCUT2D eigenvalue weighted by Gasteiger charge is 2.06. The van der Waals surface area contributed by atoms with Gasteiger partial charge in [-0.2, -0.15) is 0 Å². The van der Waals surface area contributed by atoms with E-state index in [0.29, 0.717) is 9.63 Å². The first-order valence-electron chi connectivity index (χ1n) is 5.30. The van der Waals surface area contributed by atoms with E-state index in [1.807, 2.05) is 30.3 Å². The van der Waals surface area contributed by atoms with Gasteiger partial charge in [0, 0.05) is 6.04 Å². The summed E-state index contributed by atoms with van der Waals surface area (Å²) < 4.78 is 0.657. The van der Waals surface area contributed by atoms with Crippen LogP contribution in [0.25, 0.3) is 0 Å². The molecule has 88 valence electrons. The molecule has 0 radical (unpaired) electrons. The topological polar surface area (TPSA) is 24.9 Å². The number of nitrogens with zero attached hydrogens (tertiary/aromatic N) is 1. The summed E-state index contributed by atoms with van der Waals surface area (Å²) in [6, 6.07) is 14.1. The van der Waals surface area contributed by atoms with Gasteiger partial charge in [0.15, 0.2) is 0 Å². The highest BCUT2D eigenvalue weighted by molar-refractivity contribution is 9.10. The maximum Gasteiger partial charge on any atom is 0.127 e. The van der Waals surface area contributed by atoms with E-state index in [0.717, 1.165) is 5.82 Å². The Morgan fingerprint density at radius 2 is 1.88 bits per heavy atom. The molecular formula is C13H12BrClN2. The number of halogens is 2. The van der Waals surface area contributed by atoms with Crippen molar-refractivity contribution >= 4 is 33.3 Å². The minimum Gasteiger partial charge on any atom is -0.364 e. The summed E-state index contributed by atoms with van der Waals surface area (Å²) in [4.78, 5) is 4.31. The molecule has 2 nitrogen and oxygen atoms in total. The zero-order chi connectivity index (χ0) is 12.3. The molecule has 2 aromatic rings. The Balaban J connectivity index is 2.13. The van der Waals surface area contributed by atoms with E-state index in [2.05, 4.69) is 45.3 Å². The summed E-state index contributed by atoms with van der Waals surface area (Å²) in [5.41, 5.74) is 1.22. The van der Waals surface area contributed by atoms with Gasteiger partial charge in [-0.25, -0.2) is 4.98 Å². The number of benzene rings is 1. The van der Waals surface area contributed by atoms with Crippen LogP contribution >= 0.6 is 27.5 Å². The largest absolute Gasteiger partial charge is 0.364 e. The van der Waals surface area contributed by atoms with Crippen molar-refractivity contribution < 1.29 is 0 Å². The summed E-state index contributed by atoms with van der Waals surface area (Å²) in [6.07, 6.45) is 0. The molecule has 4 heteroatoms. The molecule has 1 atom stereocenters. The number of hydrogen-bond donors (Lipinski definition) is 1. The van der Waals surface area contributed by atoms with Crippen molar-refractivity contribution in [1.82, 2.24) is 4.98 Å². The minimum absolute atomic E-state index is 0.205. The van der Waals surface area contributed by atoms with Crippen LogP contribution in [-0.2, 0) is 0 Å². The number of anilines is 1. The van der Waals surface area contributed by atoms with E-state index in [-0.39, 0.29) is 6.04 Å². The van der Waals surface area contributed by atoms with E-state index in [9.17, 15) is 0 Å². The maximum absolute atomic E-state index is 5.90. The van der Waals surface area contributed by atoms with Gasteiger partial charge >= 0.3 is 0 Å². The predicted molar refractivity (Wildman–Crippen MR) is 75.4 cm³/mol. The molecule has 0 saturated heterocycles. The Kier molecular flexibility index (Phi) is 4.02. The third-order valence-electron chi connectivity index (χ3n) is 2.47. The van der Waals surface area contributed by atoms with Gasteiger partial charge in [-0.1, -0.05) is 41.9 Å². The molecule has 0 amide bonds. The average molecular weight is 312 g/mol. The summed E-state index contributed by atoms with van der Waals surface area (Å²) in [5.74, 6) is 0.803. The summed E-state index contributed by atoms with van der Waals surface area (Å²) >= 11 is 9.21. The normalized spacial score (nSPS) is 12.2. The Morgan fingerprint density at radius 1 is 1.18 bits per heavy atom. The first kappa shape index (κ1) is 12.4. The van der Waals surface area contributed by atoms with Crippen molar-refractivity contribution in [3.8, 4) is 0 Å². The molecule has 0 aliphatic rings. The Labute approximate surface area is 114 Å². The molecule has 17 heavy (non-hydrogen) atoms. The monoisotopic (exact) mass is 310 g/mol. The van der Waals surface area contributed by atoms with Gasteiger partial charge in [-0.05, 0) is 40.5 Å². The number of hydrogen-bond acceptors (Lipinski definition) is 2. The maximum atomic E-state index is 5.90. The smallest absolute Gasteiger partial charge is 0.127 e. The highest BCUT2D eigenvalue weighted by Crippen LogP contribution is 2.24. The second kappa shape index (κ2) is 5.52. The fourth-order valence-electron chi connectivity index (χ4n) is 1.54. The first-order chi connectivity index (χ1) is 8.16. The van der Waals surface area contributed by atoms with Crippen molar-refractivity contribution in [2.24, 2.45) is 0 Å². The zero-order valence-electron chi connectivity index (χ0n) is 9.32. The van der Waals surface area contributed by atoms with E-state index < -0.39 is 0 Å². The molecule has 0 saturated carbocycles. The first-order valence-corrected chi connectivity index (χ1v) is 6.47. The fraction of sp³-hybridized carbons (Fsp3) is 0.154. The van der Waals surface area contributed by atoms with E-state index in [4.69, 9.17) is 11.6 Å². The van der Waals surface area contributed by atoms with Crippen LogP contribution in [0.4, 0.5) is 5.82 Å². The van der Waals surface area contributed by atoms with Gasteiger partial charge < -0.3 is 5.32 Å². The van der Waals surface area contributed by atoms with Crippen molar-refractivity contribution in [3.63, 3.8) is 0 Å². The lowest BCUT2D eigenvalue weighted by Crippen LogP contribution is -2.07. The molecule has 0 bridgehead atoms. The molecule has 1 aromatic heterocycles. The second-order valence-corrected chi connectivity index (χ2v) is 4.90. The highest BCUT2D eigenvalue weighted by atomic mass is 79.9. The predicted octanol–water partition coefficient (Wildman–Crippen LogP) is 4.67. The van der Waals surface area contributed by atoms with Crippen LogP contribution in [0.3, 0.4) is 0 Å². The Bertz CT molecular complexity index is 502. The van der Waals surface area contributed by atoms with Gasteiger partial charge in [-0.15, -0.1) is 0 Å². The van der Waals surface area contributed by atoms with Gasteiger partial charge in [0.25, 0.3) is 0 Å². The third kappa shape index (κ3) is 3.20. The fourth-order valence-corrected chi connectivity index (χ4v) is 1.97. The number of pyridine rings is 1. The van der Waals surface area contributed by atoms with Gasteiger partial charge in [0.05, 0.1) is 5.02 Å². The molecular weight excluding hydrogens is 300 g/mol. The molecule has 2 rings (SSSR count). The minimum atomic E-state index is 0.205. The van der Waals surface area contributed by atoms with Crippen molar-refractivity contribution in [2.75, 3.05) is 5.32 Å². The van der Waals surface area contributed by atoms with E-state index in [1.54, 1.807) is 0 Å². The molecule has 1 heterocycles. The standard InChI is InChI=1S/C13H12BrClN2/c1-9(10-5-3-2-4-6-10)16-12-8-7-11(15)13(14)17-12/h2-9H,1H3,(H,16,17). The lowest BCUT2D eigenvalue weighted by atomic mass is 10.1. The second-order valence-electron chi connectivity index (χ2n) is 3.75. The molecule has 0 spiro atoms. The Hall–Kier alpha value is -1.06. The lowest BCUT2D eigenvalue weighted by molar-refractivity contribution is 0.873. The van der Waals surface area contributed by atoms with Crippen LogP contribution < -0.4 is 5.32 Å². The molecule has 0 aliphatic carbocycles. The zero-order valence-corrected chi connectivity index (χ0v) is 11.7. The summed E-state index contributed by atoms with van der Waals surface area (Å²) in [6.45, 7) is 2.10. The third-order valence-corrected chi connectivity index (χ3v) is 3.60. The van der Waals surface area contributed by atoms with Crippen LogP contribution in [0.2, 0.25) is 5.02 Å². The van der Waals surface area contributed by atoms with Crippen LogP contribution in [0, 0.1) is 0 Å². The van der Waals surface area contributed by atoms with Gasteiger partial charge in [-0.3, -0.25) is 0 Å². The number of aromatic nitrogens is 1. The van der Waals surface area contributed by atoms with Crippen molar-refractivity contribution in [3.05, 3.63) is 57.7 Å². The van der Waals surface area contributed by atoms with E-state index >= 15 is 0 Å². The van der Waals surface area contributed by atoms with Crippen molar-refractivity contribution in [2.45, 2.75) is 13.0 Å². The summed E-state index contributed by atoms with van der Waals surface area (Å²) in [7, 11) is 0. The van der Waals surface area contributed by atoms with E-state index in [1.165, 1.54) is 5.56 Å². The molecule has 1 N–H and O–H groups in total. The number of nitrogens with one attached hydrogen (secondary N) is 1. The van der Waals surface area contributed by atoms with Crippen molar-refractivity contribution in [1.29, 1.82) is 0 Å². The van der Waals surface area contributed by atoms with Crippen LogP contribution in [-0.4, -0.2) is 4.98 Å². The van der Waals surface area contributed by atoms with Crippen LogP contribution in [0.1, 0.15) is 18.5 Å².